The maximum Gasteiger partial charge on any atom is 0.308 e. The highest BCUT2D eigenvalue weighted by atomic mass is 16.8. The van der Waals surface area contributed by atoms with Crippen LogP contribution in [-0.4, -0.2) is 205 Å². The second-order valence-electron chi connectivity index (χ2n) is 23.1. The number of rotatable bonds is 33. The highest BCUT2D eigenvalue weighted by Crippen LogP contribution is 2.38. The van der Waals surface area contributed by atoms with E-state index in [1.54, 1.807) is 27.9 Å². The molecule has 0 saturated carbocycles. The average Bonchev–Trinajstić information content (AvgIpc) is 3.65. The first-order valence-electron chi connectivity index (χ1n) is 30.2. The molecule has 4 heterocycles. The number of methoxy groups -OCH3 is 6. The molecule has 0 bridgehead atoms. The lowest BCUT2D eigenvalue weighted by Crippen LogP contribution is -2.67. The monoisotopic (exact) mass is 1170 g/mol. The Labute approximate surface area is 488 Å². The van der Waals surface area contributed by atoms with Gasteiger partial charge in [-0.05, 0) is 89.8 Å². The van der Waals surface area contributed by atoms with Crippen molar-refractivity contribution in [2.24, 2.45) is 17.8 Å². The molecule has 25 atom stereocenters. The van der Waals surface area contributed by atoms with Crippen molar-refractivity contribution in [1.29, 1.82) is 0 Å². The van der Waals surface area contributed by atoms with Gasteiger partial charge in [0.05, 0.1) is 48.5 Å². The third-order valence-corrected chi connectivity index (χ3v) is 16.9. The fourth-order valence-electron chi connectivity index (χ4n) is 12.0. The Morgan fingerprint density at radius 3 is 1.52 bits per heavy atom. The third kappa shape index (κ3) is 18.9. The lowest BCUT2D eigenvalue weighted by Gasteiger charge is -2.50. The molecule has 4 fully saturated rings. The van der Waals surface area contributed by atoms with E-state index in [0.29, 0.717) is 37.4 Å². The molecule has 17 unspecified atom stereocenters. The zero-order valence-corrected chi connectivity index (χ0v) is 51.9. The van der Waals surface area contributed by atoms with Crippen LogP contribution in [-0.2, 0) is 87.1 Å². The van der Waals surface area contributed by atoms with Gasteiger partial charge in [0, 0.05) is 61.9 Å². The van der Waals surface area contributed by atoms with Gasteiger partial charge in [0.25, 0.3) is 0 Å². The van der Waals surface area contributed by atoms with Crippen molar-refractivity contribution in [3.05, 3.63) is 29.8 Å². The van der Waals surface area contributed by atoms with Crippen LogP contribution >= 0.6 is 0 Å². The van der Waals surface area contributed by atoms with Crippen molar-refractivity contribution in [2.75, 3.05) is 42.7 Å². The Morgan fingerprint density at radius 2 is 1.02 bits per heavy atom. The normalized spacial score (nSPS) is 35.7. The summed E-state index contributed by atoms with van der Waals surface area (Å²) >= 11 is 0. The summed E-state index contributed by atoms with van der Waals surface area (Å²) < 4.78 is 99.0. The summed E-state index contributed by atoms with van der Waals surface area (Å²) in [5.74, 6) is -0.207. The summed E-state index contributed by atoms with van der Waals surface area (Å²) in [6, 6.07) is 7.46. The van der Waals surface area contributed by atoms with E-state index < -0.39 is 129 Å². The minimum absolute atomic E-state index is 0.0784. The maximum absolute atomic E-state index is 13.6. The summed E-state index contributed by atoms with van der Waals surface area (Å²) in [6.07, 6.45) is -10.4. The zero-order chi connectivity index (χ0) is 60.4. The van der Waals surface area contributed by atoms with E-state index in [0.717, 1.165) is 50.5 Å². The number of hydrogen-bond acceptors (Lipinski definition) is 21. The van der Waals surface area contributed by atoms with Gasteiger partial charge < -0.3 is 91.1 Å². The predicted molar refractivity (Wildman–Crippen MR) is 301 cm³/mol. The van der Waals surface area contributed by atoms with Crippen molar-refractivity contribution >= 4 is 11.9 Å². The van der Waals surface area contributed by atoms with E-state index in [-0.39, 0.29) is 36.3 Å². The fraction of sp³-hybridized carbons (Fsp3) is 0.869. The first-order valence-corrected chi connectivity index (χ1v) is 30.2. The summed E-state index contributed by atoms with van der Waals surface area (Å²) in [6.45, 7) is 19.2. The van der Waals surface area contributed by atoms with Crippen LogP contribution in [0.2, 0.25) is 0 Å². The minimum atomic E-state index is -1.26. The number of carbonyl (C=O) groups is 2. The van der Waals surface area contributed by atoms with Gasteiger partial charge in [0.2, 0.25) is 6.29 Å². The molecule has 21 nitrogen and oxygen atoms in total. The van der Waals surface area contributed by atoms with Crippen LogP contribution in [0.1, 0.15) is 145 Å². The van der Waals surface area contributed by atoms with Crippen LogP contribution in [0, 0.1) is 17.8 Å². The standard InChI is InChI=1S/C61H104O21/c1-17-22-34(5)57(65)77-42(25-21-20-24-33(4)45(19-3)67-11)31-43(78-58(66)35(6)23-18-2)30-40-26-28-41(29-27-40)79-59-56(72-16)53(50(69-13)39(10)76-59)82-61-55(71-15)52(48(64)37(8)75-61)81-60-54(70-14)51(47(63)36(7)74-60)80-46-32-44(62)49(68-12)38(9)73-46/h26-29,33-39,42-56,59-64H,17-25,30-32H2,1-16H3/t33?,34?,35?,36?,37?,38?,39?,42?,43?,44?,45?,46-,47-,48+,49+,50+,51?,52?,53?,54?,55?,56?,59+,60+,61+/m0/s1. The number of carbonyl (C=O) groups excluding carboxylic acids is 2. The van der Waals surface area contributed by atoms with Crippen LogP contribution in [0.25, 0.3) is 0 Å². The van der Waals surface area contributed by atoms with Gasteiger partial charge >= 0.3 is 11.9 Å². The van der Waals surface area contributed by atoms with Gasteiger partial charge in [0.15, 0.2) is 18.9 Å². The van der Waals surface area contributed by atoms with E-state index in [9.17, 15) is 24.9 Å². The number of aliphatic hydroxyl groups is 3. The Bertz CT molecular complexity index is 1950. The van der Waals surface area contributed by atoms with Crippen LogP contribution in [0.15, 0.2) is 24.3 Å². The van der Waals surface area contributed by atoms with Crippen molar-refractivity contribution in [3.8, 4) is 5.75 Å². The number of hydrogen-bond donors (Lipinski definition) is 3. The molecular weight excluding hydrogens is 1070 g/mol. The molecular formula is C61H104O21. The van der Waals surface area contributed by atoms with Gasteiger partial charge in [-0.1, -0.05) is 72.9 Å². The molecule has 21 heteroatoms. The lowest BCUT2D eigenvalue weighted by atomic mass is 9.94. The summed E-state index contributed by atoms with van der Waals surface area (Å²) in [5.41, 5.74) is 0.879. The number of ether oxygens (including phenoxy) is 16. The second kappa shape index (κ2) is 34.6. The molecule has 1 aromatic carbocycles. The van der Waals surface area contributed by atoms with Gasteiger partial charge in [-0.3, -0.25) is 9.59 Å². The van der Waals surface area contributed by atoms with E-state index in [4.69, 9.17) is 75.8 Å². The molecule has 4 aliphatic rings. The van der Waals surface area contributed by atoms with Gasteiger partial charge in [-0.25, -0.2) is 0 Å². The minimum Gasteiger partial charge on any atom is -0.462 e. The van der Waals surface area contributed by atoms with Crippen LogP contribution in [0.5, 0.6) is 5.75 Å². The third-order valence-electron chi connectivity index (χ3n) is 16.9. The van der Waals surface area contributed by atoms with Gasteiger partial charge in [0.1, 0.15) is 79.0 Å². The van der Waals surface area contributed by atoms with Crippen LogP contribution in [0.3, 0.4) is 0 Å². The first kappa shape index (κ1) is 70.1. The fourth-order valence-corrected chi connectivity index (χ4v) is 12.0. The van der Waals surface area contributed by atoms with Crippen molar-refractivity contribution < 1.29 is 101 Å². The molecule has 4 aliphatic heterocycles. The molecule has 82 heavy (non-hydrogen) atoms. The predicted octanol–water partition coefficient (Wildman–Crippen LogP) is 7.00. The lowest BCUT2D eigenvalue weighted by molar-refractivity contribution is -0.384. The van der Waals surface area contributed by atoms with E-state index >= 15 is 0 Å². The number of unbranched alkanes of at least 4 members (excludes halogenated alkanes) is 1. The van der Waals surface area contributed by atoms with Crippen molar-refractivity contribution in [1.82, 2.24) is 0 Å². The van der Waals surface area contributed by atoms with E-state index in [2.05, 4.69) is 20.8 Å². The molecule has 5 rings (SSSR count). The van der Waals surface area contributed by atoms with Gasteiger partial charge in [-0.2, -0.15) is 0 Å². The molecule has 4 saturated heterocycles. The highest BCUT2D eigenvalue weighted by molar-refractivity contribution is 5.72. The van der Waals surface area contributed by atoms with Crippen molar-refractivity contribution in [3.63, 3.8) is 0 Å². The Kier molecular flexibility index (Phi) is 29.6. The SMILES string of the molecule is CCCC(C)C(=O)OC(CCCCC(C)C(CC)OC)CC(Cc1ccc(O[C@H]2OC(C)[C@@H](OC)C(O[C@H]3OC(C)[C@@H](O)C(O[C@H]4OC(C)[C@H](O)C(O[C@H]5CC(O)[C@H](OC)C(C)O5)C4OC)C3OC)C2OC)cc1)OC(=O)C(C)CCC. The second-order valence-corrected chi connectivity index (χ2v) is 23.1. The highest BCUT2D eigenvalue weighted by Gasteiger charge is 2.55. The molecule has 0 spiro atoms. The first-order chi connectivity index (χ1) is 39.2. The zero-order valence-electron chi connectivity index (χ0n) is 51.9. The summed E-state index contributed by atoms with van der Waals surface area (Å²) in [7, 11) is 9.17. The van der Waals surface area contributed by atoms with Crippen LogP contribution in [0.4, 0.5) is 0 Å². The number of aliphatic hydroxyl groups excluding tert-OH is 3. The molecule has 0 radical (unpaired) electrons. The molecule has 0 aromatic heterocycles. The molecule has 0 amide bonds. The Hall–Kier alpha value is -2.68. The smallest absolute Gasteiger partial charge is 0.308 e. The molecule has 3 N–H and O–H groups in total. The quantitative estimate of drug-likeness (QED) is 0.0474. The maximum atomic E-state index is 13.6. The Balaban J connectivity index is 1.32. The average molecular weight is 1170 g/mol. The topological polar surface area (TPSA) is 243 Å². The molecule has 1 aromatic rings. The largest absolute Gasteiger partial charge is 0.462 e. The number of benzene rings is 1. The van der Waals surface area contributed by atoms with Gasteiger partial charge in [-0.15, -0.1) is 0 Å². The van der Waals surface area contributed by atoms with Crippen LogP contribution < -0.4 is 4.74 Å². The van der Waals surface area contributed by atoms with E-state index in [1.165, 1.54) is 35.5 Å². The van der Waals surface area contributed by atoms with E-state index in [1.807, 2.05) is 52.0 Å². The van der Waals surface area contributed by atoms with Crippen molar-refractivity contribution in [2.45, 2.75) is 281 Å². The Morgan fingerprint density at radius 1 is 0.549 bits per heavy atom. The molecule has 474 valence electrons. The number of esters is 2. The summed E-state index contributed by atoms with van der Waals surface area (Å²) in [5, 5.41) is 33.9. The summed E-state index contributed by atoms with van der Waals surface area (Å²) in [4.78, 5) is 27.0. The molecule has 0 aliphatic carbocycles.